The maximum atomic E-state index is 13.3. The van der Waals surface area contributed by atoms with Crippen LogP contribution in [0.5, 0.6) is 0 Å². The lowest BCUT2D eigenvalue weighted by atomic mass is 9.92. The zero-order chi connectivity index (χ0) is 28.2. The number of ether oxygens (including phenoxy) is 1. The quantitative estimate of drug-likeness (QED) is 0.283. The highest BCUT2D eigenvalue weighted by atomic mass is 16.5. The molecule has 0 saturated carbocycles. The summed E-state index contributed by atoms with van der Waals surface area (Å²) in [5.41, 5.74) is 3.22. The highest BCUT2D eigenvalue weighted by molar-refractivity contribution is 5.86. The van der Waals surface area contributed by atoms with Crippen molar-refractivity contribution in [3.8, 4) is 0 Å². The van der Waals surface area contributed by atoms with Gasteiger partial charge >= 0.3 is 5.97 Å². The Morgan fingerprint density at radius 2 is 1.67 bits per heavy atom. The zero-order valence-electron chi connectivity index (χ0n) is 22.8. The van der Waals surface area contributed by atoms with Crippen molar-refractivity contribution >= 4 is 17.8 Å². The van der Waals surface area contributed by atoms with E-state index in [2.05, 4.69) is 18.5 Å². The van der Waals surface area contributed by atoms with Gasteiger partial charge in [-0.1, -0.05) is 66.7 Å². The molecule has 1 aliphatic heterocycles. The molecule has 2 N–H and O–H groups in total. The van der Waals surface area contributed by atoms with E-state index >= 15 is 0 Å². The number of carbonyl (C=O) groups is 3. The van der Waals surface area contributed by atoms with Crippen LogP contribution in [-0.4, -0.2) is 53.1 Å². The molecule has 7 heteroatoms. The van der Waals surface area contributed by atoms with Crippen LogP contribution < -0.4 is 5.32 Å². The van der Waals surface area contributed by atoms with E-state index in [0.29, 0.717) is 32.2 Å². The van der Waals surface area contributed by atoms with Crippen molar-refractivity contribution in [2.45, 2.75) is 57.7 Å². The average Bonchev–Trinajstić information content (AvgIpc) is 2.95. The van der Waals surface area contributed by atoms with Gasteiger partial charge in [0.2, 0.25) is 11.8 Å². The SMILES string of the molecule is C=CC[C@@H](CC(=O)N1Cc2ccccc2C[C@H]1CO)C(=O)N[C@@H](C)COC(=O)[C@H](CC=C)Cc1ccccc1. The van der Waals surface area contributed by atoms with E-state index in [1.54, 1.807) is 24.0 Å². The second kappa shape index (κ2) is 15.0. The molecular formula is C32H40N2O5. The van der Waals surface area contributed by atoms with Crippen molar-refractivity contribution < 1.29 is 24.2 Å². The van der Waals surface area contributed by atoms with Crippen molar-refractivity contribution in [1.82, 2.24) is 10.2 Å². The fraction of sp³-hybridized carbons (Fsp3) is 0.406. The molecule has 0 spiro atoms. The van der Waals surface area contributed by atoms with E-state index in [1.807, 2.05) is 54.6 Å². The van der Waals surface area contributed by atoms with E-state index in [0.717, 1.165) is 16.7 Å². The molecule has 0 aromatic heterocycles. The number of benzene rings is 2. The maximum absolute atomic E-state index is 13.3. The normalized spacial score (nSPS) is 16.8. The van der Waals surface area contributed by atoms with Gasteiger partial charge in [0, 0.05) is 13.0 Å². The number of hydrogen-bond donors (Lipinski definition) is 2. The first-order valence-corrected chi connectivity index (χ1v) is 13.6. The molecule has 2 amide bonds. The number of amides is 2. The van der Waals surface area contributed by atoms with Crippen molar-refractivity contribution in [3.05, 3.63) is 96.6 Å². The van der Waals surface area contributed by atoms with Gasteiger partial charge in [0.25, 0.3) is 0 Å². The molecule has 4 atom stereocenters. The summed E-state index contributed by atoms with van der Waals surface area (Å²) < 4.78 is 5.54. The molecular weight excluding hydrogens is 492 g/mol. The van der Waals surface area contributed by atoms with Crippen molar-refractivity contribution in [2.75, 3.05) is 13.2 Å². The number of aliphatic hydroxyl groups is 1. The van der Waals surface area contributed by atoms with Gasteiger partial charge in [-0.3, -0.25) is 14.4 Å². The molecule has 0 radical (unpaired) electrons. The zero-order valence-corrected chi connectivity index (χ0v) is 22.8. The van der Waals surface area contributed by atoms with Gasteiger partial charge in [-0.05, 0) is 49.3 Å². The lowest BCUT2D eigenvalue weighted by Gasteiger charge is -2.36. The highest BCUT2D eigenvalue weighted by Gasteiger charge is 2.32. The summed E-state index contributed by atoms with van der Waals surface area (Å²) in [5.74, 6) is -1.78. The fourth-order valence-corrected chi connectivity index (χ4v) is 4.94. The van der Waals surface area contributed by atoms with E-state index in [-0.39, 0.29) is 49.4 Å². The first kappa shape index (κ1) is 29.8. The predicted molar refractivity (Wildman–Crippen MR) is 152 cm³/mol. The number of nitrogens with one attached hydrogen (secondary N) is 1. The molecule has 0 fully saturated rings. The van der Waals surface area contributed by atoms with Crippen LogP contribution in [0.4, 0.5) is 0 Å². The largest absolute Gasteiger partial charge is 0.463 e. The van der Waals surface area contributed by atoms with Gasteiger partial charge in [-0.15, -0.1) is 13.2 Å². The van der Waals surface area contributed by atoms with Crippen molar-refractivity contribution in [1.29, 1.82) is 0 Å². The molecule has 39 heavy (non-hydrogen) atoms. The summed E-state index contributed by atoms with van der Waals surface area (Å²) in [4.78, 5) is 40.8. The number of aliphatic hydroxyl groups excluding tert-OH is 1. The monoisotopic (exact) mass is 532 g/mol. The second-order valence-electron chi connectivity index (χ2n) is 10.2. The Morgan fingerprint density at radius 3 is 2.33 bits per heavy atom. The van der Waals surface area contributed by atoms with Crippen LogP contribution >= 0.6 is 0 Å². The minimum atomic E-state index is -0.615. The summed E-state index contributed by atoms with van der Waals surface area (Å²) in [6.07, 6.45) is 5.29. The van der Waals surface area contributed by atoms with Crippen molar-refractivity contribution in [3.63, 3.8) is 0 Å². The van der Waals surface area contributed by atoms with Crippen LogP contribution in [0.3, 0.4) is 0 Å². The number of nitrogens with zero attached hydrogens (tertiary/aromatic N) is 1. The molecule has 2 aromatic rings. The lowest BCUT2D eigenvalue weighted by molar-refractivity contribution is -0.149. The van der Waals surface area contributed by atoms with E-state index in [9.17, 15) is 19.5 Å². The Balaban J connectivity index is 1.54. The van der Waals surface area contributed by atoms with Gasteiger partial charge in [0.1, 0.15) is 6.61 Å². The third kappa shape index (κ3) is 8.65. The van der Waals surface area contributed by atoms with Gasteiger partial charge < -0.3 is 20.1 Å². The van der Waals surface area contributed by atoms with Crippen LogP contribution in [0, 0.1) is 11.8 Å². The Kier molecular flexibility index (Phi) is 11.5. The van der Waals surface area contributed by atoms with Crippen LogP contribution in [0.2, 0.25) is 0 Å². The Labute approximate surface area is 231 Å². The highest BCUT2D eigenvalue weighted by Crippen LogP contribution is 2.25. The Morgan fingerprint density at radius 1 is 1.03 bits per heavy atom. The number of fused-ring (bicyclic) bond motifs is 1. The summed E-state index contributed by atoms with van der Waals surface area (Å²) in [7, 11) is 0. The van der Waals surface area contributed by atoms with Crippen molar-refractivity contribution in [2.24, 2.45) is 11.8 Å². The number of carbonyl (C=O) groups excluding carboxylic acids is 3. The second-order valence-corrected chi connectivity index (χ2v) is 10.2. The van der Waals surface area contributed by atoms with Crippen LogP contribution in [0.25, 0.3) is 0 Å². The molecule has 2 aromatic carbocycles. The summed E-state index contributed by atoms with van der Waals surface area (Å²) in [6.45, 7) is 9.56. The summed E-state index contributed by atoms with van der Waals surface area (Å²) in [6, 6.07) is 16.9. The van der Waals surface area contributed by atoms with Crippen LogP contribution in [0.15, 0.2) is 79.9 Å². The third-order valence-electron chi connectivity index (χ3n) is 7.10. The van der Waals surface area contributed by atoms with E-state index in [4.69, 9.17) is 4.74 Å². The topological polar surface area (TPSA) is 95.9 Å². The summed E-state index contributed by atoms with van der Waals surface area (Å²) >= 11 is 0. The molecule has 208 valence electrons. The van der Waals surface area contributed by atoms with Gasteiger partial charge in [0.05, 0.1) is 30.5 Å². The molecule has 0 aliphatic carbocycles. The third-order valence-corrected chi connectivity index (χ3v) is 7.10. The standard InChI is InChI=1S/C32H40N2O5/c1-4-11-26(19-30(36)34-20-28-16-10-9-15-25(28)18-29(34)21-35)31(37)33-23(3)22-39-32(38)27(12-5-2)17-24-13-7-6-8-14-24/h4-10,13-16,23,26-27,29,35H,1-2,11-12,17-22H2,3H3,(H,33,37)/t23-,26-,27+,29-/m0/s1. The van der Waals surface area contributed by atoms with Crippen LogP contribution in [0.1, 0.15) is 42.9 Å². The minimum absolute atomic E-state index is 0.00150. The average molecular weight is 533 g/mol. The molecule has 3 rings (SSSR count). The number of esters is 1. The first-order valence-electron chi connectivity index (χ1n) is 13.6. The molecule has 7 nitrogen and oxygen atoms in total. The Bertz CT molecular complexity index is 1130. The fourth-order valence-electron chi connectivity index (χ4n) is 4.94. The molecule has 1 aliphatic rings. The number of rotatable bonds is 14. The lowest BCUT2D eigenvalue weighted by Crippen LogP contribution is -2.48. The Hall–Kier alpha value is -3.71. The first-order chi connectivity index (χ1) is 18.9. The number of allylic oxidation sites excluding steroid dienone is 2. The molecule has 0 saturated heterocycles. The summed E-state index contributed by atoms with van der Waals surface area (Å²) in [5, 5.41) is 12.8. The molecule has 0 unspecified atom stereocenters. The molecule has 1 heterocycles. The molecule has 0 bridgehead atoms. The van der Waals surface area contributed by atoms with Gasteiger partial charge in [-0.25, -0.2) is 0 Å². The number of hydrogen-bond acceptors (Lipinski definition) is 5. The minimum Gasteiger partial charge on any atom is -0.463 e. The van der Waals surface area contributed by atoms with Gasteiger partial charge in [0.15, 0.2) is 0 Å². The maximum Gasteiger partial charge on any atom is 0.309 e. The van der Waals surface area contributed by atoms with Crippen LogP contribution in [-0.2, 0) is 38.5 Å². The van der Waals surface area contributed by atoms with E-state index in [1.165, 1.54) is 0 Å². The van der Waals surface area contributed by atoms with Gasteiger partial charge in [-0.2, -0.15) is 0 Å². The van der Waals surface area contributed by atoms with E-state index < -0.39 is 12.0 Å². The smallest absolute Gasteiger partial charge is 0.309 e. The predicted octanol–water partition coefficient (Wildman–Crippen LogP) is 4.00.